The highest BCUT2D eigenvalue weighted by molar-refractivity contribution is 6.05. The van der Waals surface area contributed by atoms with Crippen LogP contribution in [-0.2, 0) is 0 Å². The van der Waals surface area contributed by atoms with Crippen LogP contribution in [0.4, 0.5) is 11.6 Å². The molecule has 0 radical (unpaired) electrons. The molecule has 190 valence electrons. The van der Waals surface area contributed by atoms with Crippen molar-refractivity contribution in [1.82, 2.24) is 19.9 Å². The van der Waals surface area contributed by atoms with Crippen LogP contribution >= 0.6 is 0 Å². The Balaban J connectivity index is 1.61. The highest BCUT2D eigenvalue weighted by Crippen LogP contribution is 2.33. The molecule has 2 aromatic carbocycles. The van der Waals surface area contributed by atoms with E-state index in [0.717, 1.165) is 5.56 Å². The van der Waals surface area contributed by atoms with Gasteiger partial charge in [-0.3, -0.25) is 4.79 Å². The first-order chi connectivity index (χ1) is 18.0. The number of pyridine rings is 1. The van der Waals surface area contributed by atoms with Crippen molar-refractivity contribution in [3.63, 3.8) is 0 Å². The van der Waals surface area contributed by atoms with Gasteiger partial charge in [0.1, 0.15) is 23.6 Å². The van der Waals surface area contributed by atoms with Crippen molar-refractivity contribution in [2.75, 3.05) is 30.9 Å². The van der Waals surface area contributed by atoms with E-state index in [4.69, 9.17) is 14.2 Å². The fraction of sp³-hybridized carbons (Fsp3) is 0.222. The summed E-state index contributed by atoms with van der Waals surface area (Å²) in [6.07, 6.45) is 3.03. The van der Waals surface area contributed by atoms with Crippen LogP contribution in [0.3, 0.4) is 0 Å². The van der Waals surface area contributed by atoms with Gasteiger partial charge in [0.25, 0.3) is 5.91 Å². The maximum atomic E-state index is 13.2. The lowest BCUT2D eigenvalue weighted by molar-refractivity contribution is 0.102. The van der Waals surface area contributed by atoms with Gasteiger partial charge in [-0.2, -0.15) is 4.98 Å². The average molecular weight is 501 g/mol. The van der Waals surface area contributed by atoms with Gasteiger partial charge in [0, 0.05) is 24.9 Å². The van der Waals surface area contributed by atoms with Crippen molar-refractivity contribution in [3.05, 3.63) is 72.2 Å². The molecule has 10 heteroatoms. The van der Waals surface area contributed by atoms with Gasteiger partial charge in [-0.05, 0) is 62.7 Å². The minimum Gasteiger partial charge on any atom is -0.494 e. The minimum atomic E-state index is -0.322. The van der Waals surface area contributed by atoms with Crippen LogP contribution < -0.4 is 24.8 Å². The molecule has 0 atom stereocenters. The van der Waals surface area contributed by atoms with Crippen molar-refractivity contribution in [2.45, 2.75) is 20.8 Å². The Morgan fingerprint density at radius 1 is 0.946 bits per heavy atom. The molecule has 0 fully saturated rings. The predicted octanol–water partition coefficient (Wildman–Crippen LogP) is 5.13. The number of aromatic nitrogens is 4. The van der Waals surface area contributed by atoms with E-state index in [1.165, 1.54) is 6.33 Å². The van der Waals surface area contributed by atoms with Gasteiger partial charge in [0.15, 0.2) is 5.82 Å². The van der Waals surface area contributed by atoms with E-state index in [1.807, 2.05) is 32.9 Å². The van der Waals surface area contributed by atoms with E-state index in [9.17, 15) is 4.79 Å². The first-order valence-corrected chi connectivity index (χ1v) is 11.8. The number of hydrogen-bond acceptors (Lipinski definition) is 9. The number of nitrogens with zero attached hydrogens (tertiary/aromatic N) is 4. The Hall–Kier alpha value is -4.73. The molecule has 0 aliphatic rings. The predicted molar refractivity (Wildman–Crippen MR) is 141 cm³/mol. The summed E-state index contributed by atoms with van der Waals surface area (Å²) < 4.78 is 17.4. The van der Waals surface area contributed by atoms with Crippen LogP contribution in [0.1, 0.15) is 29.8 Å². The summed E-state index contributed by atoms with van der Waals surface area (Å²) in [6.45, 7) is 6.64. The van der Waals surface area contributed by atoms with Gasteiger partial charge in [0.2, 0.25) is 11.8 Å². The molecule has 2 aromatic heterocycles. The summed E-state index contributed by atoms with van der Waals surface area (Å²) in [5.41, 5.74) is 2.33. The Morgan fingerprint density at radius 2 is 1.78 bits per heavy atom. The Morgan fingerprint density at radius 3 is 2.57 bits per heavy atom. The highest BCUT2D eigenvalue weighted by atomic mass is 16.5. The molecular formula is C27H28N6O4. The summed E-state index contributed by atoms with van der Waals surface area (Å²) in [5, 5.41) is 5.81. The number of amides is 1. The Bertz CT molecular complexity index is 1400. The second-order valence-electron chi connectivity index (χ2n) is 7.80. The number of ether oxygens (including phenoxy) is 3. The zero-order valence-corrected chi connectivity index (χ0v) is 21.1. The molecular weight excluding hydrogens is 472 g/mol. The summed E-state index contributed by atoms with van der Waals surface area (Å²) >= 11 is 0. The number of benzene rings is 2. The summed E-state index contributed by atoms with van der Waals surface area (Å²) in [4.78, 5) is 30.3. The SMILES string of the molecule is CCOc1ccc(OCC)c(NC(=O)c2ccc(C)c(Oc3ncccc3-c3ncnc(NC)n3)c2)c1. The molecule has 1 amide bonds. The lowest BCUT2D eigenvalue weighted by Crippen LogP contribution is -2.13. The third kappa shape index (κ3) is 6.10. The first kappa shape index (κ1) is 25.4. The standard InChI is InChI=1S/C27H28N6O4/c1-5-35-19-11-12-22(36-6-2)21(15-19)32-25(34)18-10-9-17(3)23(14-18)37-26-20(8-7-13-29-26)24-30-16-31-27(28-4)33-24/h7-16H,5-6H2,1-4H3,(H,32,34)(H,28,30,31,33). The summed E-state index contributed by atoms with van der Waals surface area (Å²) in [5.74, 6) is 2.48. The van der Waals surface area contributed by atoms with Gasteiger partial charge in [-0.25, -0.2) is 15.0 Å². The molecule has 2 heterocycles. The Kier molecular flexibility index (Phi) is 8.09. The van der Waals surface area contributed by atoms with Crippen LogP contribution in [0.2, 0.25) is 0 Å². The molecule has 0 bridgehead atoms. The number of rotatable bonds is 10. The topological polar surface area (TPSA) is 120 Å². The second kappa shape index (κ2) is 11.8. The Labute approximate surface area is 215 Å². The molecule has 4 rings (SSSR count). The lowest BCUT2D eigenvalue weighted by Gasteiger charge is -2.15. The van der Waals surface area contributed by atoms with Crippen molar-refractivity contribution in [2.24, 2.45) is 0 Å². The van der Waals surface area contributed by atoms with Crippen LogP contribution in [-0.4, -0.2) is 46.1 Å². The third-order valence-corrected chi connectivity index (χ3v) is 5.27. The minimum absolute atomic E-state index is 0.305. The van der Waals surface area contributed by atoms with Crippen LogP contribution in [0.5, 0.6) is 23.1 Å². The van der Waals surface area contributed by atoms with E-state index in [1.54, 1.807) is 49.6 Å². The van der Waals surface area contributed by atoms with Gasteiger partial charge in [0.05, 0.1) is 24.5 Å². The van der Waals surface area contributed by atoms with E-state index in [2.05, 4.69) is 30.6 Å². The van der Waals surface area contributed by atoms with Crippen molar-refractivity contribution in [1.29, 1.82) is 0 Å². The zero-order chi connectivity index (χ0) is 26.2. The molecule has 0 unspecified atom stereocenters. The van der Waals surface area contributed by atoms with Crippen LogP contribution in [0.15, 0.2) is 61.1 Å². The van der Waals surface area contributed by atoms with Crippen molar-refractivity contribution >= 4 is 17.5 Å². The first-order valence-electron chi connectivity index (χ1n) is 11.8. The third-order valence-electron chi connectivity index (χ3n) is 5.27. The quantitative estimate of drug-likeness (QED) is 0.305. The smallest absolute Gasteiger partial charge is 0.255 e. The van der Waals surface area contributed by atoms with Crippen molar-refractivity contribution < 1.29 is 19.0 Å². The van der Waals surface area contributed by atoms with E-state index in [-0.39, 0.29) is 5.91 Å². The maximum absolute atomic E-state index is 13.2. The number of hydrogen-bond donors (Lipinski definition) is 2. The molecule has 0 aliphatic heterocycles. The molecule has 0 saturated heterocycles. The largest absolute Gasteiger partial charge is 0.494 e. The number of aryl methyl sites for hydroxylation is 1. The lowest BCUT2D eigenvalue weighted by atomic mass is 10.1. The summed E-state index contributed by atoms with van der Waals surface area (Å²) in [7, 11) is 1.73. The van der Waals surface area contributed by atoms with Crippen LogP contribution in [0.25, 0.3) is 11.4 Å². The van der Waals surface area contributed by atoms with Gasteiger partial charge >= 0.3 is 0 Å². The molecule has 37 heavy (non-hydrogen) atoms. The average Bonchev–Trinajstić information content (AvgIpc) is 2.92. The highest BCUT2D eigenvalue weighted by Gasteiger charge is 2.16. The molecule has 0 spiro atoms. The second-order valence-corrected chi connectivity index (χ2v) is 7.80. The number of nitrogens with one attached hydrogen (secondary N) is 2. The normalized spacial score (nSPS) is 10.5. The van der Waals surface area contributed by atoms with Crippen LogP contribution in [0, 0.1) is 6.92 Å². The number of anilines is 2. The fourth-order valence-electron chi connectivity index (χ4n) is 3.48. The van der Waals surface area contributed by atoms with Gasteiger partial charge < -0.3 is 24.8 Å². The molecule has 0 aliphatic carbocycles. The number of carbonyl (C=O) groups excluding carboxylic acids is 1. The fourth-order valence-corrected chi connectivity index (χ4v) is 3.48. The zero-order valence-electron chi connectivity index (χ0n) is 21.1. The molecule has 2 N–H and O–H groups in total. The number of carbonyl (C=O) groups is 1. The van der Waals surface area contributed by atoms with Gasteiger partial charge in [-0.1, -0.05) is 6.07 Å². The monoisotopic (exact) mass is 500 g/mol. The molecule has 4 aromatic rings. The molecule has 10 nitrogen and oxygen atoms in total. The van der Waals surface area contributed by atoms with Crippen molar-refractivity contribution in [3.8, 4) is 34.5 Å². The van der Waals surface area contributed by atoms with E-state index >= 15 is 0 Å². The van der Waals surface area contributed by atoms with Gasteiger partial charge in [-0.15, -0.1) is 0 Å². The van der Waals surface area contributed by atoms with E-state index < -0.39 is 0 Å². The van der Waals surface area contributed by atoms with E-state index in [0.29, 0.717) is 64.9 Å². The maximum Gasteiger partial charge on any atom is 0.255 e. The molecule has 0 saturated carbocycles. The summed E-state index contributed by atoms with van der Waals surface area (Å²) in [6, 6.07) is 14.1.